The van der Waals surface area contributed by atoms with Crippen molar-refractivity contribution < 1.29 is 18.4 Å². The lowest BCUT2D eigenvalue weighted by molar-refractivity contribution is -0.121. The SMILES string of the molecule is CC(C)C(NC(=O)c1c(F)cccc1F)C(=O)N1CCc2ccccc21. The fraction of sp³-hybridized carbons (Fsp3) is 0.300. The van der Waals surface area contributed by atoms with Crippen LogP contribution in [0.15, 0.2) is 42.5 Å². The highest BCUT2D eigenvalue weighted by molar-refractivity contribution is 6.03. The second kappa shape index (κ2) is 7.23. The number of hydrogen-bond acceptors (Lipinski definition) is 2. The van der Waals surface area contributed by atoms with Gasteiger partial charge in [0.2, 0.25) is 5.91 Å². The van der Waals surface area contributed by atoms with E-state index in [1.54, 1.807) is 18.7 Å². The first-order valence-corrected chi connectivity index (χ1v) is 8.54. The van der Waals surface area contributed by atoms with Gasteiger partial charge in [0.25, 0.3) is 5.91 Å². The molecule has 1 unspecified atom stereocenters. The molecule has 3 rings (SSSR count). The highest BCUT2D eigenvalue weighted by Crippen LogP contribution is 2.28. The lowest BCUT2D eigenvalue weighted by Gasteiger charge is -2.27. The smallest absolute Gasteiger partial charge is 0.257 e. The molecule has 0 radical (unpaired) electrons. The number of fused-ring (bicyclic) bond motifs is 1. The summed E-state index contributed by atoms with van der Waals surface area (Å²) < 4.78 is 27.7. The predicted molar refractivity (Wildman–Crippen MR) is 94.9 cm³/mol. The van der Waals surface area contributed by atoms with Crippen molar-refractivity contribution in [1.82, 2.24) is 5.32 Å². The predicted octanol–water partition coefficient (Wildman–Crippen LogP) is 3.31. The second-order valence-corrected chi connectivity index (χ2v) is 6.66. The van der Waals surface area contributed by atoms with Gasteiger partial charge in [0, 0.05) is 12.2 Å². The van der Waals surface area contributed by atoms with E-state index in [2.05, 4.69) is 5.32 Å². The molecule has 2 aromatic carbocycles. The number of carbonyl (C=O) groups excluding carboxylic acids is 2. The average Bonchev–Trinajstić information content (AvgIpc) is 3.03. The number of carbonyl (C=O) groups is 2. The summed E-state index contributed by atoms with van der Waals surface area (Å²) in [6.45, 7) is 4.08. The molecule has 1 atom stereocenters. The summed E-state index contributed by atoms with van der Waals surface area (Å²) >= 11 is 0. The minimum Gasteiger partial charge on any atom is -0.340 e. The zero-order chi connectivity index (χ0) is 18.8. The fourth-order valence-corrected chi connectivity index (χ4v) is 3.18. The molecule has 0 saturated heterocycles. The normalized spacial score (nSPS) is 14.3. The van der Waals surface area contributed by atoms with E-state index in [4.69, 9.17) is 0 Å². The van der Waals surface area contributed by atoms with Crippen molar-refractivity contribution in [3.63, 3.8) is 0 Å². The molecule has 1 aliphatic rings. The van der Waals surface area contributed by atoms with Crippen LogP contribution < -0.4 is 10.2 Å². The van der Waals surface area contributed by atoms with E-state index in [0.29, 0.717) is 6.54 Å². The number of nitrogens with zero attached hydrogens (tertiary/aromatic N) is 1. The highest BCUT2D eigenvalue weighted by Gasteiger charge is 2.33. The Bertz CT molecular complexity index is 831. The molecule has 1 N–H and O–H groups in total. The van der Waals surface area contributed by atoms with Gasteiger partial charge in [-0.3, -0.25) is 9.59 Å². The maximum Gasteiger partial charge on any atom is 0.257 e. The van der Waals surface area contributed by atoms with Gasteiger partial charge in [-0.15, -0.1) is 0 Å². The molecule has 1 heterocycles. The van der Waals surface area contributed by atoms with Crippen LogP contribution in [0.5, 0.6) is 0 Å². The standard InChI is InChI=1S/C20H20F2N2O2/c1-12(2)18(23-19(25)17-14(21)7-5-8-15(17)22)20(26)24-11-10-13-6-3-4-9-16(13)24/h3-9,12,18H,10-11H2,1-2H3,(H,23,25). The Kier molecular flexibility index (Phi) is 5.02. The summed E-state index contributed by atoms with van der Waals surface area (Å²) in [4.78, 5) is 27.0. The van der Waals surface area contributed by atoms with E-state index in [-0.39, 0.29) is 11.8 Å². The second-order valence-electron chi connectivity index (χ2n) is 6.66. The van der Waals surface area contributed by atoms with Crippen LogP contribution in [0.25, 0.3) is 0 Å². The fourth-order valence-electron chi connectivity index (χ4n) is 3.18. The van der Waals surface area contributed by atoms with Gasteiger partial charge in [-0.2, -0.15) is 0 Å². The van der Waals surface area contributed by atoms with Crippen molar-refractivity contribution in [2.75, 3.05) is 11.4 Å². The third kappa shape index (κ3) is 3.31. The Morgan fingerprint density at radius 3 is 2.35 bits per heavy atom. The van der Waals surface area contributed by atoms with E-state index in [0.717, 1.165) is 29.8 Å². The summed E-state index contributed by atoms with van der Waals surface area (Å²) in [5, 5.41) is 2.51. The van der Waals surface area contributed by atoms with Crippen LogP contribution in [0.2, 0.25) is 0 Å². The number of anilines is 1. The molecule has 4 nitrogen and oxygen atoms in total. The lowest BCUT2D eigenvalue weighted by Crippen LogP contribution is -2.51. The number of benzene rings is 2. The third-order valence-corrected chi connectivity index (χ3v) is 4.56. The minimum atomic E-state index is -0.955. The van der Waals surface area contributed by atoms with Gasteiger partial charge in [0.05, 0.1) is 0 Å². The molecular formula is C20H20F2N2O2. The Labute approximate surface area is 150 Å². The van der Waals surface area contributed by atoms with E-state index in [9.17, 15) is 18.4 Å². The molecule has 0 bridgehead atoms. The number of halogens is 2. The first-order valence-electron chi connectivity index (χ1n) is 8.54. The summed E-state index contributed by atoms with van der Waals surface area (Å²) in [7, 11) is 0. The lowest BCUT2D eigenvalue weighted by atomic mass is 10.0. The van der Waals surface area contributed by atoms with E-state index in [1.807, 2.05) is 24.3 Å². The highest BCUT2D eigenvalue weighted by atomic mass is 19.1. The van der Waals surface area contributed by atoms with Crippen LogP contribution in [0, 0.1) is 17.6 Å². The van der Waals surface area contributed by atoms with Gasteiger partial charge < -0.3 is 10.2 Å². The molecule has 0 saturated carbocycles. The monoisotopic (exact) mass is 358 g/mol. The Balaban J connectivity index is 1.84. The summed E-state index contributed by atoms with van der Waals surface area (Å²) in [6.07, 6.45) is 0.739. The molecule has 1 aliphatic heterocycles. The van der Waals surface area contributed by atoms with Crippen molar-refractivity contribution in [3.8, 4) is 0 Å². The van der Waals surface area contributed by atoms with Crippen LogP contribution in [0.3, 0.4) is 0 Å². The molecule has 26 heavy (non-hydrogen) atoms. The summed E-state index contributed by atoms with van der Waals surface area (Å²) in [6, 6.07) is 9.91. The van der Waals surface area contributed by atoms with Gasteiger partial charge in [-0.1, -0.05) is 38.1 Å². The molecule has 2 amide bonds. The van der Waals surface area contributed by atoms with Crippen molar-refractivity contribution in [1.29, 1.82) is 0 Å². The minimum absolute atomic E-state index is 0.242. The Morgan fingerprint density at radius 1 is 1.04 bits per heavy atom. The zero-order valence-corrected chi connectivity index (χ0v) is 14.6. The molecule has 2 aromatic rings. The summed E-state index contributed by atoms with van der Waals surface area (Å²) in [5.41, 5.74) is 1.21. The van der Waals surface area contributed by atoms with Crippen LogP contribution in [0.4, 0.5) is 14.5 Å². The van der Waals surface area contributed by atoms with Crippen molar-refractivity contribution in [3.05, 3.63) is 65.2 Å². The quantitative estimate of drug-likeness (QED) is 0.912. The molecule has 0 aromatic heterocycles. The van der Waals surface area contributed by atoms with Gasteiger partial charge in [0.15, 0.2) is 0 Å². The topological polar surface area (TPSA) is 49.4 Å². The number of rotatable bonds is 4. The van der Waals surface area contributed by atoms with Crippen LogP contribution in [-0.2, 0) is 11.2 Å². The molecule has 0 spiro atoms. The maximum atomic E-state index is 13.9. The van der Waals surface area contributed by atoms with E-state index in [1.165, 1.54) is 6.07 Å². The number of para-hydroxylation sites is 1. The number of hydrogen-bond donors (Lipinski definition) is 1. The van der Waals surface area contributed by atoms with Crippen molar-refractivity contribution >= 4 is 17.5 Å². The van der Waals surface area contributed by atoms with E-state index < -0.39 is 29.1 Å². The largest absolute Gasteiger partial charge is 0.340 e. The van der Waals surface area contributed by atoms with Crippen LogP contribution >= 0.6 is 0 Å². The molecule has 0 aliphatic carbocycles. The van der Waals surface area contributed by atoms with Crippen LogP contribution in [0.1, 0.15) is 29.8 Å². The van der Waals surface area contributed by atoms with Gasteiger partial charge >= 0.3 is 0 Å². The Hall–Kier alpha value is -2.76. The Morgan fingerprint density at radius 2 is 1.69 bits per heavy atom. The third-order valence-electron chi connectivity index (χ3n) is 4.56. The molecule has 136 valence electrons. The van der Waals surface area contributed by atoms with Crippen molar-refractivity contribution in [2.45, 2.75) is 26.3 Å². The number of nitrogens with one attached hydrogen (secondary N) is 1. The first kappa shape index (κ1) is 18.0. The average molecular weight is 358 g/mol. The molecule has 6 heteroatoms. The maximum absolute atomic E-state index is 13.9. The number of amides is 2. The first-order chi connectivity index (χ1) is 12.4. The van der Waals surface area contributed by atoms with E-state index >= 15 is 0 Å². The van der Waals surface area contributed by atoms with Crippen LogP contribution in [-0.4, -0.2) is 24.4 Å². The zero-order valence-electron chi connectivity index (χ0n) is 14.6. The molecular weight excluding hydrogens is 338 g/mol. The van der Waals surface area contributed by atoms with Crippen molar-refractivity contribution in [2.24, 2.45) is 5.92 Å². The van der Waals surface area contributed by atoms with Gasteiger partial charge in [-0.25, -0.2) is 8.78 Å². The van der Waals surface area contributed by atoms with Gasteiger partial charge in [0.1, 0.15) is 23.2 Å². The summed E-state index contributed by atoms with van der Waals surface area (Å²) in [5.74, 6) is -3.36. The molecule has 0 fully saturated rings. The van der Waals surface area contributed by atoms with Gasteiger partial charge in [-0.05, 0) is 36.1 Å².